The standard InChI is InChI=1S/C13H19/c1-5-6-7-13-9-11(3)10(2)8-12(13)4/h8-9H,1,5-7H2,2-4H3. The van der Waals surface area contributed by atoms with Gasteiger partial charge < -0.3 is 0 Å². The molecule has 0 amide bonds. The Morgan fingerprint density at radius 3 is 2.23 bits per heavy atom. The van der Waals surface area contributed by atoms with E-state index in [2.05, 4.69) is 39.8 Å². The van der Waals surface area contributed by atoms with Gasteiger partial charge in [-0.25, -0.2) is 0 Å². The first-order chi connectivity index (χ1) is 6.15. The molecule has 0 bridgehead atoms. The average Bonchev–Trinajstić information content (AvgIpc) is 2.09. The van der Waals surface area contributed by atoms with Crippen molar-refractivity contribution in [1.29, 1.82) is 0 Å². The van der Waals surface area contributed by atoms with Gasteiger partial charge in [0, 0.05) is 0 Å². The lowest BCUT2D eigenvalue weighted by Crippen LogP contribution is -1.93. The van der Waals surface area contributed by atoms with Crippen LogP contribution in [0.2, 0.25) is 0 Å². The lowest BCUT2D eigenvalue weighted by molar-refractivity contribution is 0.834. The number of benzene rings is 1. The second kappa shape index (κ2) is 4.45. The van der Waals surface area contributed by atoms with Gasteiger partial charge in [0.1, 0.15) is 0 Å². The Bertz CT molecular complexity index is 284. The highest BCUT2D eigenvalue weighted by Crippen LogP contribution is 2.17. The van der Waals surface area contributed by atoms with Crippen molar-refractivity contribution in [1.82, 2.24) is 0 Å². The van der Waals surface area contributed by atoms with Crippen LogP contribution in [0.5, 0.6) is 0 Å². The van der Waals surface area contributed by atoms with E-state index < -0.39 is 0 Å². The molecule has 0 spiro atoms. The predicted molar refractivity (Wildman–Crippen MR) is 58.9 cm³/mol. The highest BCUT2D eigenvalue weighted by atomic mass is 14.1. The van der Waals surface area contributed by atoms with Crippen molar-refractivity contribution in [3.05, 3.63) is 41.3 Å². The number of aryl methyl sites for hydroxylation is 4. The van der Waals surface area contributed by atoms with E-state index in [1.165, 1.54) is 35.1 Å². The highest BCUT2D eigenvalue weighted by Gasteiger charge is 2.00. The molecule has 0 N–H and O–H groups in total. The lowest BCUT2D eigenvalue weighted by Gasteiger charge is -2.08. The van der Waals surface area contributed by atoms with Crippen molar-refractivity contribution < 1.29 is 0 Å². The zero-order valence-corrected chi connectivity index (χ0v) is 8.98. The Morgan fingerprint density at radius 2 is 1.62 bits per heavy atom. The van der Waals surface area contributed by atoms with E-state index in [4.69, 9.17) is 0 Å². The van der Waals surface area contributed by atoms with Gasteiger partial charge in [0.05, 0.1) is 0 Å². The van der Waals surface area contributed by atoms with Crippen molar-refractivity contribution in [2.45, 2.75) is 40.0 Å². The van der Waals surface area contributed by atoms with Crippen LogP contribution in [0.25, 0.3) is 0 Å². The van der Waals surface area contributed by atoms with E-state index in [1.807, 2.05) is 0 Å². The van der Waals surface area contributed by atoms with Crippen LogP contribution >= 0.6 is 0 Å². The first-order valence-electron chi connectivity index (χ1n) is 5.01. The molecule has 0 aliphatic carbocycles. The first-order valence-corrected chi connectivity index (χ1v) is 5.01. The van der Waals surface area contributed by atoms with Crippen molar-refractivity contribution in [3.8, 4) is 0 Å². The minimum Gasteiger partial charge on any atom is -0.0558 e. The Balaban J connectivity index is 2.88. The van der Waals surface area contributed by atoms with Gasteiger partial charge in [-0.15, -0.1) is 0 Å². The first kappa shape index (κ1) is 10.3. The molecule has 0 saturated carbocycles. The summed E-state index contributed by atoms with van der Waals surface area (Å²) in [5.41, 5.74) is 5.73. The molecule has 1 rings (SSSR count). The Kier molecular flexibility index (Phi) is 3.53. The van der Waals surface area contributed by atoms with Gasteiger partial charge in [0.2, 0.25) is 0 Å². The molecule has 1 aromatic rings. The van der Waals surface area contributed by atoms with Gasteiger partial charge >= 0.3 is 0 Å². The van der Waals surface area contributed by atoms with Crippen LogP contribution in [0.15, 0.2) is 12.1 Å². The highest BCUT2D eigenvalue weighted by molar-refractivity contribution is 5.36. The summed E-state index contributed by atoms with van der Waals surface area (Å²) in [5, 5.41) is 0. The molecular formula is C13H19. The smallest absolute Gasteiger partial charge is 0.0276 e. The fourth-order valence-electron chi connectivity index (χ4n) is 1.61. The molecule has 13 heavy (non-hydrogen) atoms. The fraction of sp³-hybridized carbons (Fsp3) is 0.462. The van der Waals surface area contributed by atoms with Gasteiger partial charge in [-0.1, -0.05) is 25.5 Å². The molecule has 0 unspecified atom stereocenters. The summed E-state index contributed by atoms with van der Waals surface area (Å²) in [5.74, 6) is 0. The number of unbranched alkanes of at least 4 members (excludes halogenated alkanes) is 1. The van der Waals surface area contributed by atoms with E-state index in [1.54, 1.807) is 0 Å². The molecule has 0 aliphatic rings. The summed E-state index contributed by atoms with van der Waals surface area (Å²) in [6.07, 6.45) is 3.41. The molecule has 0 heterocycles. The molecule has 1 aromatic carbocycles. The maximum Gasteiger partial charge on any atom is -0.0276 e. The molecule has 0 heteroatoms. The number of hydrogen-bond donors (Lipinski definition) is 0. The summed E-state index contributed by atoms with van der Waals surface area (Å²) < 4.78 is 0. The Hall–Kier alpha value is -0.780. The second-order valence-corrected chi connectivity index (χ2v) is 3.82. The molecular weight excluding hydrogens is 156 g/mol. The zero-order valence-electron chi connectivity index (χ0n) is 8.98. The fourth-order valence-corrected chi connectivity index (χ4v) is 1.61. The normalized spacial score (nSPS) is 10.5. The third-order valence-electron chi connectivity index (χ3n) is 2.65. The molecule has 0 aliphatic heterocycles. The van der Waals surface area contributed by atoms with E-state index in [-0.39, 0.29) is 0 Å². The molecule has 0 nitrogen and oxygen atoms in total. The monoisotopic (exact) mass is 175 g/mol. The van der Waals surface area contributed by atoms with E-state index in [9.17, 15) is 0 Å². The van der Waals surface area contributed by atoms with E-state index >= 15 is 0 Å². The third-order valence-corrected chi connectivity index (χ3v) is 2.65. The van der Waals surface area contributed by atoms with Crippen LogP contribution in [0, 0.1) is 27.7 Å². The summed E-state index contributed by atoms with van der Waals surface area (Å²) in [4.78, 5) is 0. The van der Waals surface area contributed by atoms with Crippen LogP contribution in [0.4, 0.5) is 0 Å². The van der Waals surface area contributed by atoms with Crippen LogP contribution in [-0.2, 0) is 6.42 Å². The van der Waals surface area contributed by atoms with Crippen LogP contribution < -0.4 is 0 Å². The maximum absolute atomic E-state index is 3.87. The van der Waals surface area contributed by atoms with Crippen LogP contribution in [0.3, 0.4) is 0 Å². The molecule has 0 atom stereocenters. The molecule has 0 saturated heterocycles. The topological polar surface area (TPSA) is 0 Å². The SMILES string of the molecule is [CH2]CCCc1cc(C)c(C)cc1C. The van der Waals surface area contributed by atoms with Gasteiger partial charge in [0.25, 0.3) is 0 Å². The van der Waals surface area contributed by atoms with Crippen molar-refractivity contribution in [3.63, 3.8) is 0 Å². The minimum atomic E-state index is 1.03. The third kappa shape index (κ3) is 2.58. The largest absolute Gasteiger partial charge is 0.0558 e. The molecule has 1 radical (unpaired) electrons. The molecule has 0 aromatic heterocycles. The maximum atomic E-state index is 3.87. The van der Waals surface area contributed by atoms with Gasteiger partial charge in [-0.3, -0.25) is 0 Å². The Labute approximate surface area is 82.0 Å². The van der Waals surface area contributed by atoms with Gasteiger partial charge in [0.15, 0.2) is 0 Å². The molecule has 0 fully saturated rings. The summed E-state index contributed by atoms with van der Waals surface area (Å²) in [6.45, 7) is 10.4. The second-order valence-electron chi connectivity index (χ2n) is 3.82. The Morgan fingerprint density at radius 1 is 1.00 bits per heavy atom. The van der Waals surface area contributed by atoms with Crippen LogP contribution in [0.1, 0.15) is 35.1 Å². The van der Waals surface area contributed by atoms with E-state index in [0.717, 1.165) is 6.42 Å². The van der Waals surface area contributed by atoms with Gasteiger partial charge in [-0.2, -0.15) is 0 Å². The van der Waals surface area contributed by atoms with Crippen LogP contribution in [-0.4, -0.2) is 0 Å². The van der Waals surface area contributed by atoms with Crippen molar-refractivity contribution in [2.75, 3.05) is 0 Å². The van der Waals surface area contributed by atoms with E-state index in [0.29, 0.717) is 0 Å². The summed E-state index contributed by atoms with van der Waals surface area (Å²) in [6, 6.07) is 4.61. The minimum absolute atomic E-state index is 1.03. The summed E-state index contributed by atoms with van der Waals surface area (Å²) in [7, 11) is 0. The quantitative estimate of drug-likeness (QED) is 0.656. The number of rotatable bonds is 3. The van der Waals surface area contributed by atoms with Gasteiger partial charge in [-0.05, 0) is 55.9 Å². The lowest BCUT2D eigenvalue weighted by atomic mass is 9.97. The molecule has 71 valence electrons. The zero-order chi connectivity index (χ0) is 9.84. The average molecular weight is 175 g/mol. The van der Waals surface area contributed by atoms with Crippen molar-refractivity contribution in [2.24, 2.45) is 0 Å². The van der Waals surface area contributed by atoms with Crippen molar-refractivity contribution >= 4 is 0 Å². The number of hydrogen-bond acceptors (Lipinski definition) is 0. The predicted octanol–water partition coefficient (Wildman–Crippen LogP) is 3.77. The summed E-state index contributed by atoms with van der Waals surface area (Å²) >= 11 is 0.